The zero-order valence-corrected chi connectivity index (χ0v) is 35.6. The molecule has 2 aliphatic heterocycles. The Bertz CT molecular complexity index is 1910. The van der Waals surface area contributed by atoms with Gasteiger partial charge in [-0.2, -0.15) is 0 Å². The van der Waals surface area contributed by atoms with Gasteiger partial charge in [-0.1, -0.05) is 64.8 Å². The van der Waals surface area contributed by atoms with Crippen molar-refractivity contribution in [3.63, 3.8) is 0 Å². The Morgan fingerprint density at radius 1 is 0.783 bits per heavy atom. The second-order valence-electron chi connectivity index (χ2n) is 16.4. The predicted molar refractivity (Wildman–Crippen MR) is 212 cm³/mol. The predicted octanol–water partition coefficient (Wildman–Crippen LogP) is 3.62. The van der Waals surface area contributed by atoms with E-state index < -0.39 is 113 Å². The largest absolute Gasteiger partial charge is 0.458 e. The van der Waals surface area contributed by atoms with Crippen molar-refractivity contribution in [2.75, 3.05) is 0 Å². The van der Waals surface area contributed by atoms with Crippen LogP contribution in [-0.2, 0) is 66.8 Å². The molecule has 60 heavy (non-hydrogen) atoms. The second kappa shape index (κ2) is 19.3. The summed E-state index contributed by atoms with van der Waals surface area (Å²) in [5.41, 5.74) is -3.58. The lowest BCUT2D eigenvalue weighted by Gasteiger charge is -2.40. The molecule has 2 aliphatic carbocycles. The minimum atomic E-state index is -2.26. The smallest absolute Gasteiger partial charge is 0.334 e. The van der Waals surface area contributed by atoms with Crippen molar-refractivity contribution in [3.05, 3.63) is 72.4 Å². The van der Waals surface area contributed by atoms with Crippen molar-refractivity contribution < 1.29 is 77.0 Å². The van der Waals surface area contributed by atoms with E-state index in [0.29, 0.717) is 6.42 Å². The highest BCUT2D eigenvalue weighted by atomic mass is 16.6. The molecule has 0 bridgehead atoms. The number of ketones is 2. The number of esters is 6. The van der Waals surface area contributed by atoms with Gasteiger partial charge in [0.25, 0.3) is 0 Å². The molecule has 4 rings (SSSR count). The molecule has 2 fully saturated rings. The molecule has 4 aliphatic rings. The summed E-state index contributed by atoms with van der Waals surface area (Å²) in [5, 5.41) is 22.2. The lowest BCUT2D eigenvalue weighted by atomic mass is 9.77. The van der Waals surface area contributed by atoms with Crippen molar-refractivity contribution in [3.8, 4) is 0 Å². The van der Waals surface area contributed by atoms with Gasteiger partial charge >= 0.3 is 35.8 Å². The molecule has 0 aromatic carbocycles. The summed E-state index contributed by atoms with van der Waals surface area (Å²) in [6, 6.07) is 0. The average molecular weight is 841 g/mol. The monoisotopic (exact) mass is 840 g/mol. The molecule has 0 radical (unpaired) electrons. The number of Topliss-reactive ketones (excluding diaryl/α,β-unsaturated/α-hetero) is 1. The van der Waals surface area contributed by atoms with Crippen LogP contribution in [0.3, 0.4) is 0 Å². The highest BCUT2D eigenvalue weighted by Crippen LogP contribution is 2.42. The van der Waals surface area contributed by atoms with E-state index in [1.54, 1.807) is 32.9 Å². The minimum absolute atomic E-state index is 0.00305. The molecule has 0 unspecified atom stereocenters. The molecule has 0 aromatic heterocycles. The van der Waals surface area contributed by atoms with Gasteiger partial charge in [0.05, 0.1) is 17.8 Å². The van der Waals surface area contributed by atoms with Crippen molar-refractivity contribution in [1.29, 1.82) is 0 Å². The lowest BCUT2D eigenvalue weighted by molar-refractivity contribution is -0.197. The molecular weight excluding hydrogens is 784 g/mol. The number of carbonyl (C=O) groups is 8. The van der Waals surface area contributed by atoms with E-state index in [4.69, 9.17) is 28.4 Å². The fraction of sp³-hybridized carbons (Fsp3) is 0.545. The molecule has 0 aromatic rings. The van der Waals surface area contributed by atoms with Crippen LogP contribution < -0.4 is 0 Å². The van der Waals surface area contributed by atoms with Gasteiger partial charge in [-0.15, -0.1) is 0 Å². The standard InChI is InChI=1S/C23H30O8.C21H26O8/c1-11(2)20(25)30-18-17-14(6)22(27)29-15(17)10-13(5)8-9-16(24)23(7,28)19(18)31-21(26)12(3)4;1-10(2)19(24)29-17-16-12(4)20(25)28-14(16)9-11(3)7-8-15(23)21(6,26)18(17)27-13(5)22/h8-9,12-13,15,17-19,28H,1,6,10H2,2-5,7H3;7,14,16-18,26H,1,4,8-9H2,2-3,5-6H3/b9-8-;11-7-/t13-,15+,17-,18-,19+,23-;14-,16+,17+,18-,21-/m01/s1. The third-order valence-corrected chi connectivity index (χ3v) is 10.7. The van der Waals surface area contributed by atoms with E-state index in [-0.39, 0.29) is 41.1 Å². The third kappa shape index (κ3) is 11.0. The Labute approximate surface area is 349 Å². The van der Waals surface area contributed by atoms with Gasteiger partial charge in [0.2, 0.25) is 0 Å². The number of allylic oxidation sites excluding steroid dienone is 2. The normalized spacial score (nSPS) is 34.5. The lowest BCUT2D eigenvalue weighted by Crippen LogP contribution is -2.58. The third-order valence-electron chi connectivity index (χ3n) is 10.7. The first-order valence-electron chi connectivity index (χ1n) is 19.4. The van der Waals surface area contributed by atoms with Crippen LogP contribution in [0.25, 0.3) is 0 Å². The maximum absolute atomic E-state index is 12.9. The number of aliphatic hydroxyl groups is 2. The minimum Gasteiger partial charge on any atom is -0.458 e. The van der Waals surface area contributed by atoms with Gasteiger partial charge in [-0.3, -0.25) is 19.2 Å². The van der Waals surface area contributed by atoms with Crippen molar-refractivity contribution >= 4 is 47.4 Å². The number of rotatable bonds is 7. The summed E-state index contributed by atoms with van der Waals surface area (Å²) in [6.07, 6.45) is -2.68. The fourth-order valence-electron chi connectivity index (χ4n) is 7.05. The van der Waals surface area contributed by atoms with Gasteiger partial charge in [0, 0.05) is 42.1 Å². The van der Waals surface area contributed by atoms with Gasteiger partial charge < -0.3 is 38.6 Å². The molecule has 0 amide bonds. The molecule has 16 nitrogen and oxygen atoms in total. The molecule has 0 spiro atoms. The summed E-state index contributed by atoms with van der Waals surface area (Å²) in [6.45, 7) is 27.6. The highest BCUT2D eigenvalue weighted by molar-refractivity contribution is 5.98. The molecule has 16 heteroatoms. The van der Waals surface area contributed by atoms with Crippen LogP contribution >= 0.6 is 0 Å². The fourth-order valence-corrected chi connectivity index (χ4v) is 7.05. The van der Waals surface area contributed by atoms with Gasteiger partial charge in [0.15, 0.2) is 47.2 Å². The first-order chi connectivity index (χ1) is 27.6. The molecule has 2 heterocycles. The van der Waals surface area contributed by atoms with Crippen LogP contribution in [0.2, 0.25) is 0 Å². The summed E-state index contributed by atoms with van der Waals surface area (Å²) in [4.78, 5) is 99.2. The molecule has 328 valence electrons. The number of carbonyl (C=O) groups excluding carboxylic acids is 8. The maximum atomic E-state index is 12.9. The average Bonchev–Trinajstić information content (AvgIpc) is 3.58. The molecular formula is C44H56O16. The van der Waals surface area contributed by atoms with Crippen LogP contribution in [0.15, 0.2) is 72.4 Å². The van der Waals surface area contributed by atoms with Crippen molar-refractivity contribution in [2.24, 2.45) is 23.7 Å². The summed E-state index contributed by atoms with van der Waals surface area (Å²) in [5.74, 6) is -8.54. The van der Waals surface area contributed by atoms with E-state index >= 15 is 0 Å². The first kappa shape index (κ1) is 48.9. The van der Waals surface area contributed by atoms with Crippen molar-refractivity contribution in [1.82, 2.24) is 0 Å². The quantitative estimate of drug-likeness (QED) is 0.161. The summed E-state index contributed by atoms with van der Waals surface area (Å²) in [7, 11) is 0. The van der Waals surface area contributed by atoms with E-state index in [0.717, 1.165) is 12.5 Å². The highest BCUT2D eigenvalue weighted by Gasteiger charge is 2.57. The van der Waals surface area contributed by atoms with E-state index in [9.17, 15) is 48.6 Å². The SMILES string of the molecule is C=C(C)C(=O)O[C@H]1[C@H]2C(=C)C(=O)O[C@@H]2C/C(C)=C\CC(=O)[C@@](C)(O)[C@@H]1OC(C)=O.C=C(C)C(=O)O[C@H]1[C@H]2C(=C)C(=O)O[C@@H]2C[C@@H](C)/C=C\C(=O)[C@](C)(O)[C@@H]1OC(=O)C(C)C. The number of hydrogen-bond donors (Lipinski definition) is 2. The second-order valence-corrected chi connectivity index (χ2v) is 16.4. The van der Waals surface area contributed by atoms with E-state index in [2.05, 4.69) is 26.3 Å². The van der Waals surface area contributed by atoms with Crippen molar-refractivity contribution in [2.45, 2.75) is 129 Å². The maximum Gasteiger partial charge on any atom is 0.334 e. The van der Waals surface area contributed by atoms with Gasteiger partial charge in [-0.05, 0) is 53.0 Å². The first-order valence-corrected chi connectivity index (χ1v) is 19.4. The van der Waals surface area contributed by atoms with Crippen LogP contribution in [0.1, 0.15) is 81.6 Å². The Morgan fingerprint density at radius 2 is 1.25 bits per heavy atom. The van der Waals surface area contributed by atoms with Crippen LogP contribution in [0.5, 0.6) is 0 Å². The molecule has 2 saturated heterocycles. The van der Waals surface area contributed by atoms with E-state index in [1.807, 2.05) is 6.92 Å². The van der Waals surface area contributed by atoms with Crippen LogP contribution in [-0.4, -0.2) is 105 Å². The summed E-state index contributed by atoms with van der Waals surface area (Å²) >= 11 is 0. The Balaban J connectivity index is 0.000000321. The van der Waals surface area contributed by atoms with E-state index in [1.165, 1.54) is 33.8 Å². The van der Waals surface area contributed by atoms with Gasteiger partial charge in [0.1, 0.15) is 12.2 Å². The number of fused-ring (bicyclic) bond motifs is 2. The molecule has 0 saturated carbocycles. The number of hydrogen-bond acceptors (Lipinski definition) is 16. The number of ether oxygens (including phenoxy) is 6. The summed E-state index contributed by atoms with van der Waals surface area (Å²) < 4.78 is 32.7. The zero-order chi connectivity index (χ0) is 45.8. The molecule has 11 atom stereocenters. The zero-order valence-electron chi connectivity index (χ0n) is 35.6. The van der Waals surface area contributed by atoms with Crippen LogP contribution in [0.4, 0.5) is 0 Å². The molecule has 2 N–H and O–H groups in total. The Hall–Kier alpha value is -5.48. The Morgan fingerprint density at radius 3 is 1.72 bits per heavy atom. The van der Waals surface area contributed by atoms with Crippen LogP contribution in [0, 0.1) is 23.7 Å². The topological polar surface area (TPSA) is 232 Å². The van der Waals surface area contributed by atoms with Gasteiger partial charge in [-0.25, -0.2) is 19.2 Å². The Kier molecular flexibility index (Phi) is 15.7.